The lowest BCUT2D eigenvalue weighted by Crippen LogP contribution is -2.40. The highest BCUT2D eigenvalue weighted by Gasteiger charge is 2.17. The Labute approximate surface area is 127 Å². The third-order valence-electron chi connectivity index (χ3n) is 3.64. The van der Waals surface area contributed by atoms with E-state index in [1.807, 2.05) is 43.1 Å². The molecule has 0 bridgehead atoms. The highest BCUT2D eigenvalue weighted by atomic mass is 16.2. The number of hydrogen-bond donors (Lipinski definition) is 3. The number of nitrogens with two attached hydrogens (primary N) is 1. The zero-order valence-electron chi connectivity index (χ0n) is 13.0. The van der Waals surface area contributed by atoms with E-state index in [9.17, 15) is 4.79 Å². The van der Waals surface area contributed by atoms with Crippen LogP contribution in [0.2, 0.25) is 0 Å². The van der Waals surface area contributed by atoms with Crippen LogP contribution in [0.3, 0.4) is 0 Å². The number of aliphatic hydroxyl groups excluding tert-OH is 1. The van der Waals surface area contributed by atoms with Crippen molar-refractivity contribution in [2.75, 3.05) is 25.5 Å². The minimum absolute atomic E-state index is 0.0196. The van der Waals surface area contributed by atoms with Gasteiger partial charge in [-0.25, -0.2) is 0 Å². The van der Waals surface area contributed by atoms with Gasteiger partial charge in [0.05, 0.1) is 6.04 Å². The van der Waals surface area contributed by atoms with Crippen LogP contribution in [0.4, 0.5) is 5.69 Å². The maximum atomic E-state index is 12.2. The normalized spacial score (nSPS) is 12.4. The monoisotopic (exact) mass is 293 g/mol. The van der Waals surface area contributed by atoms with Crippen molar-refractivity contribution in [2.24, 2.45) is 5.73 Å². The van der Waals surface area contributed by atoms with Gasteiger partial charge in [0.25, 0.3) is 0 Å². The summed E-state index contributed by atoms with van der Waals surface area (Å²) in [5.74, 6) is -0.0196. The zero-order chi connectivity index (χ0) is 15.7. The van der Waals surface area contributed by atoms with E-state index >= 15 is 0 Å². The molecule has 0 aliphatic carbocycles. The van der Waals surface area contributed by atoms with Crippen molar-refractivity contribution in [3.05, 3.63) is 29.8 Å². The van der Waals surface area contributed by atoms with E-state index in [1.165, 1.54) is 0 Å². The fraction of sp³-hybridized carbons (Fsp3) is 0.562. The molecule has 1 aromatic carbocycles. The van der Waals surface area contributed by atoms with E-state index in [0.717, 1.165) is 37.1 Å². The van der Waals surface area contributed by atoms with Crippen molar-refractivity contribution in [2.45, 2.75) is 38.8 Å². The number of amides is 1. The second-order valence-corrected chi connectivity index (χ2v) is 5.33. The van der Waals surface area contributed by atoms with Crippen molar-refractivity contribution < 1.29 is 9.90 Å². The van der Waals surface area contributed by atoms with E-state index < -0.39 is 0 Å². The quantitative estimate of drug-likeness (QED) is 0.604. The summed E-state index contributed by atoms with van der Waals surface area (Å²) in [6, 6.07) is 7.39. The van der Waals surface area contributed by atoms with Gasteiger partial charge in [-0.05, 0) is 57.5 Å². The van der Waals surface area contributed by atoms with Crippen LogP contribution in [-0.2, 0) is 11.3 Å². The zero-order valence-corrected chi connectivity index (χ0v) is 13.0. The fourth-order valence-electron chi connectivity index (χ4n) is 2.07. The van der Waals surface area contributed by atoms with Crippen molar-refractivity contribution in [3.63, 3.8) is 0 Å². The summed E-state index contributed by atoms with van der Waals surface area (Å²) in [6.45, 7) is 3.44. The number of anilines is 1. The van der Waals surface area contributed by atoms with Crippen LogP contribution in [0.1, 0.15) is 31.7 Å². The Kier molecular flexibility index (Phi) is 7.97. The van der Waals surface area contributed by atoms with Crippen molar-refractivity contribution in [3.8, 4) is 0 Å². The summed E-state index contributed by atoms with van der Waals surface area (Å²) < 4.78 is 0. The van der Waals surface area contributed by atoms with Gasteiger partial charge in [0.15, 0.2) is 0 Å². The van der Waals surface area contributed by atoms with Gasteiger partial charge in [0.1, 0.15) is 0 Å². The third kappa shape index (κ3) is 6.25. The molecule has 1 aromatic rings. The van der Waals surface area contributed by atoms with E-state index in [2.05, 4.69) is 5.32 Å². The average Bonchev–Trinajstić information content (AvgIpc) is 2.50. The van der Waals surface area contributed by atoms with Gasteiger partial charge in [-0.15, -0.1) is 0 Å². The first-order valence-electron chi connectivity index (χ1n) is 7.49. The highest BCUT2D eigenvalue weighted by Crippen LogP contribution is 2.11. The fourth-order valence-corrected chi connectivity index (χ4v) is 2.07. The molecule has 118 valence electrons. The third-order valence-corrected chi connectivity index (χ3v) is 3.64. The number of aliphatic hydroxyl groups is 1. The molecule has 0 saturated heterocycles. The van der Waals surface area contributed by atoms with E-state index in [4.69, 9.17) is 10.8 Å². The van der Waals surface area contributed by atoms with Gasteiger partial charge < -0.3 is 16.2 Å². The molecule has 0 fully saturated rings. The standard InChI is InChI=1S/C16H27N3O2/c1-13(19(2)9-4-3-5-10-20)16(21)18-15-8-6-7-14(11-15)12-17/h6-8,11,13,20H,3-5,9-10,12,17H2,1-2H3,(H,18,21). The molecule has 4 N–H and O–H groups in total. The predicted octanol–water partition coefficient (Wildman–Crippen LogP) is 1.57. The molecule has 0 aromatic heterocycles. The largest absolute Gasteiger partial charge is 0.396 e. The number of unbranched alkanes of at least 4 members (excludes halogenated alkanes) is 2. The first-order chi connectivity index (χ1) is 10.1. The summed E-state index contributed by atoms with van der Waals surface area (Å²) in [6.07, 6.45) is 2.78. The SMILES string of the molecule is CC(C(=O)Nc1cccc(CN)c1)N(C)CCCCCO. The lowest BCUT2D eigenvalue weighted by Gasteiger charge is -2.23. The van der Waals surface area contributed by atoms with Crippen LogP contribution in [0.5, 0.6) is 0 Å². The van der Waals surface area contributed by atoms with E-state index in [0.29, 0.717) is 6.54 Å². The highest BCUT2D eigenvalue weighted by molar-refractivity contribution is 5.94. The van der Waals surface area contributed by atoms with E-state index in [-0.39, 0.29) is 18.6 Å². The number of carbonyl (C=O) groups excluding carboxylic acids is 1. The Morgan fingerprint density at radius 2 is 2.14 bits per heavy atom. The molecule has 1 unspecified atom stereocenters. The van der Waals surface area contributed by atoms with E-state index in [1.54, 1.807) is 0 Å². The molecule has 1 atom stereocenters. The maximum Gasteiger partial charge on any atom is 0.241 e. The van der Waals surface area contributed by atoms with Gasteiger partial charge in [-0.3, -0.25) is 9.69 Å². The molecular weight excluding hydrogens is 266 g/mol. The van der Waals surface area contributed by atoms with Gasteiger partial charge in [-0.2, -0.15) is 0 Å². The molecule has 5 heteroatoms. The summed E-state index contributed by atoms with van der Waals surface area (Å²) in [7, 11) is 1.94. The molecule has 0 aliphatic rings. The molecule has 0 spiro atoms. The Hall–Kier alpha value is -1.43. The minimum atomic E-state index is -0.194. The van der Waals surface area contributed by atoms with Gasteiger partial charge in [0, 0.05) is 18.8 Å². The van der Waals surface area contributed by atoms with Crippen molar-refractivity contribution in [1.29, 1.82) is 0 Å². The number of carbonyl (C=O) groups is 1. The maximum absolute atomic E-state index is 12.2. The Morgan fingerprint density at radius 1 is 1.38 bits per heavy atom. The van der Waals surface area contributed by atoms with Crippen LogP contribution in [0.15, 0.2) is 24.3 Å². The molecule has 0 radical (unpaired) electrons. The van der Waals surface area contributed by atoms with Crippen LogP contribution in [-0.4, -0.2) is 42.2 Å². The topological polar surface area (TPSA) is 78.6 Å². The molecule has 0 aliphatic heterocycles. The lowest BCUT2D eigenvalue weighted by atomic mass is 10.2. The lowest BCUT2D eigenvalue weighted by molar-refractivity contribution is -0.120. The number of nitrogens with one attached hydrogen (secondary N) is 1. The molecule has 1 rings (SSSR count). The summed E-state index contributed by atoms with van der Waals surface area (Å²) in [5, 5.41) is 11.7. The number of benzene rings is 1. The second kappa shape index (κ2) is 9.50. The summed E-state index contributed by atoms with van der Waals surface area (Å²) >= 11 is 0. The minimum Gasteiger partial charge on any atom is -0.396 e. The number of hydrogen-bond acceptors (Lipinski definition) is 4. The molecule has 5 nitrogen and oxygen atoms in total. The molecule has 1 amide bonds. The first-order valence-corrected chi connectivity index (χ1v) is 7.49. The Balaban J connectivity index is 2.45. The van der Waals surface area contributed by atoms with Crippen molar-refractivity contribution in [1.82, 2.24) is 4.90 Å². The number of rotatable bonds is 9. The molecule has 0 saturated carbocycles. The average molecular weight is 293 g/mol. The van der Waals surface area contributed by atoms with Gasteiger partial charge >= 0.3 is 0 Å². The number of nitrogens with zero attached hydrogens (tertiary/aromatic N) is 1. The van der Waals surface area contributed by atoms with Crippen LogP contribution >= 0.6 is 0 Å². The number of likely N-dealkylation sites (N-methyl/N-ethyl adjacent to an activating group) is 1. The summed E-state index contributed by atoms with van der Waals surface area (Å²) in [5.41, 5.74) is 7.38. The predicted molar refractivity (Wildman–Crippen MR) is 86.0 cm³/mol. The van der Waals surface area contributed by atoms with Gasteiger partial charge in [-0.1, -0.05) is 12.1 Å². The first kappa shape index (κ1) is 17.6. The van der Waals surface area contributed by atoms with Crippen molar-refractivity contribution >= 4 is 11.6 Å². The smallest absolute Gasteiger partial charge is 0.241 e. The molecule has 0 heterocycles. The van der Waals surface area contributed by atoms with Crippen LogP contribution in [0.25, 0.3) is 0 Å². The molecular formula is C16H27N3O2. The summed E-state index contributed by atoms with van der Waals surface area (Å²) in [4.78, 5) is 14.2. The van der Waals surface area contributed by atoms with Gasteiger partial charge in [0.2, 0.25) is 5.91 Å². The molecule has 21 heavy (non-hydrogen) atoms. The van der Waals surface area contributed by atoms with Crippen LogP contribution in [0, 0.1) is 0 Å². The second-order valence-electron chi connectivity index (χ2n) is 5.33. The van der Waals surface area contributed by atoms with Crippen LogP contribution < -0.4 is 11.1 Å². The Bertz CT molecular complexity index is 437. The Morgan fingerprint density at radius 3 is 2.81 bits per heavy atom.